The van der Waals surface area contributed by atoms with Crippen molar-refractivity contribution in [1.82, 2.24) is 4.98 Å². The summed E-state index contributed by atoms with van der Waals surface area (Å²) in [7, 11) is 0. The second kappa shape index (κ2) is 8.58. The molecular formula is C22H11Cl4NO2S. The first-order valence-electron chi connectivity index (χ1n) is 8.57. The molecule has 0 unspecified atom stereocenters. The van der Waals surface area contributed by atoms with E-state index >= 15 is 0 Å². The summed E-state index contributed by atoms with van der Waals surface area (Å²) in [4.78, 5) is 16.6. The minimum atomic E-state index is -1.07. The second-order valence-corrected chi connectivity index (χ2v) is 8.87. The van der Waals surface area contributed by atoms with Gasteiger partial charge in [0.15, 0.2) is 0 Å². The Balaban J connectivity index is 1.77. The molecule has 0 bridgehead atoms. The lowest BCUT2D eigenvalue weighted by molar-refractivity contribution is 0.0698. The maximum Gasteiger partial charge on any atom is 0.336 e. The van der Waals surface area contributed by atoms with E-state index < -0.39 is 5.97 Å². The van der Waals surface area contributed by atoms with E-state index in [4.69, 9.17) is 46.4 Å². The molecule has 0 spiro atoms. The van der Waals surface area contributed by atoms with E-state index in [2.05, 4.69) is 4.98 Å². The number of rotatable bonds is 4. The zero-order valence-corrected chi connectivity index (χ0v) is 18.8. The predicted octanol–water partition coefficient (Wildman–Crippen LogP) is 8.46. The predicted molar refractivity (Wildman–Crippen MR) is 125 cm³/mol. The average Bonchev–Trinajstić information content (AvgIpc) is 3.21. The molecule has 1 aromatic heterocycles. The molecule has 0 atom stereocenters. The highest BCUT2D eigenvalue weighted by molar-refractivity contribution is 7.13. The van der Waals surface area contributed by atoms with Crippen molar-refractivity contribution in [2.45, 2.75) is 0 Å². The number of benzene rings is 3. The molecule has 30 heavy (non-hydrogen) atoms. The summed E-state index contributed by atoms with van der Waals surface area (Å²) in [5.41, 5.74) is 3.40. The standard InChI is InChI=1S/C22H11Cl4NO2S/c23-13-3-6-17(24)15(9-13)14-4-1-12(7-16(14)22(28)29)21-27-20(10-30-21)11-2-5-18(25)19(26)8-11/h1-10H,(H,28,29). The number of thiazole rings is 1. The molecule has 3 aromatic carbocycles. The molecule has 0 amide bonds. The Hall–Kier alpha value is -2.08. The van der Waals surface area contributed by atoms with Crippen LogP contribution in [-0.2, 0) is 0 Å². The number of carbonyl (C=O) groups is 1. The van der Waals surface area contributed by atoms with Gasteiger partial charge in [-0.05, 0) is 42.0 Å². The van der Waals surface area contributed by atoms with Crippen LogP contribution in [-0.4, -0.2) is 16.1 Å². The summed E-state index contributed by atoms with van der Waals surface area (Å²) in [5.74, 6) is -1.07. The minimum absolute atomic E-state index is 0.114. The first kappa shape index (κ1) is 21.2. The van der Waals surface area contributed by atoms with Gasteiger partial charge in [0.05, 0.1) is 21.3 Å². The molecule has 3 nitrogen and oxygen atoms in total. The van der Waals surface area contributed by atoms with Crippen LogP contribution in [0.25, 0.3) is 33.0 Å². The molecule has 0 aliphatic heterocycles. The van der Waals surface area contributed by atoms with Crippen molar-refractivity contribution < 1.29 is 9.90 Å². The third kappa shape index (κ3) is 4.20. The lowest BCUT2D eigenvalue weighted by Crippen LogP contribution is -2.00. The molecule has 0 fully saturated rings. The van der Waals surface area contributed by atoms with Crippen molar-refractivity contribution >= 4 is 63.7 Å². The summed E-state index contributed by atoms with van der Waals surface area (Å²) in [5, 5.41) is 14.2. The quantitative estimate of drug-likeness (QED) is 0.309. The lowest BCUT2D eigenvalue weighted by Gasteiger charge is -2.10. The van der Waals surface area contributed by atoms with Gasteiger partial charge in [0.25, 0.3) is 0 Å². The molecule has 0 saturated carbocycles. The van der Waals surface area contributed by atoms with Gasteiger partial charge in [-0.1, -0.05) is 64.6 Å². The zero-order chi connectivity index (χ0) is 21.4. The Kier molecular flexibility index (Phi) is 6.05. The smallest absolute Gasteiger partial charge is 0.336 e. The van der Waals surface area contributed by atoms with Crippen molar-refractivity contribution in [2.75, 3.05) is 0 Å². The van der Waals surface area contributed by atoms with Gasteiger partial charge in [0.2, 0.25) is 0 Å². The third-order valence-electron chi connectivity index (χ3n) is 4.44. The molecular weight excluding hydrogens is 484 g/mol. The van der Waals surface area contributed by atoms with Crippen molar-refractivity contribution in [3.8, 4) is 33.0 Å². The molecule has 0 aliphatic carbocycles. The van der Waals surface area contributed by atoms with Crippen molar-refractivity contribution in [3.63, 3.8) is 0 Å². The largest absolute Gasteiger partial charge is 0.478 e. The van der Waals surface area contributed by atoms with Crippen molar-refractivity contribution in [2.24, 2.45) is 0 Å². The van der Waals surface area contributed by atoms with Crippen LogP contribution in [0.2, 0.25) is 20.1 Å². The van der Waals surface area contributed by atoms with Gasteiger partial charge >= 0.3 is 5.97 Å². The normalized spacial score (nSPS) is 10.9. The minimum Gasteiger partial charge on any atom is -0.478 e. The van der Waals surface area contributed by atoms with Crippen LogP contribution in [0.15, 0.2) is 60.0 Å². The van der Waals surface area contributed by atoms with Crippen LogP contribution in [0.5, 0.6) is 0 Å². The fourth-order valence-corrected chi connectivity index (χ4v) is 4.50. The number of carboxylic acids is 1. The van der Waals surface area contributed by atoms with Gasteiger partial charge in [-0.15, -0.1) is 11.3 Å². The maximum absolute atomic E-state index is 12.0. The SMILES string of the molecule is O=C(O)c1cc(-c2nc(-c3ccc(Cl)c(Cl)c3)cs2)ccc1-c1cc(Cl)ccc1Cl. The number of carboxylic acid groups (broad SMARTS) is 1. The monoisotopic (exact) mass is 493 g/mol. The summed E-state index contributed by atoms with van der Waals surface area (Å²) in [6.45, 7) is 0. The second-order valence-electron chi connectivity index (χ2n) is 6.36. The van der Waals surface area contributed by atoms with E-state index in [0.717, 1.165) is 11.3 Å². The van der Waals surface area contributed by atoms with Gasteiger partial charge in [-0.25, -0.2) is 9.78 Å². The van der Waals surface area contributed by atoms with E-state index in [-0.39, 0.29) is 5.56 Å². The van der Waals surface area contributed by atoms with Crippen LogP contribution in [0.1, 0.15) is 10.4 Å². The van der Waals surface area contributed by atoms with Gasteiger partial charge in [-0.3, -0.25) is 0 Å². The number of hydrogen-bond acceptors (Lipinski definition) is 3. The van der Waals surface area contributed by atoms with Gasteiger partial charge in [0.1, 0.15) is 5.01 Å². The molecule has 1 N–H and O–H groups in total. The number of aromatic carboxylic acids is 1. The van der Waals surface area contributed by atoms with E-state index in [1.54, 1.807) is 42.5 Å². The van der Waals surface area contributed by atoms with E-state index in [1.165, 1.54) is 11.3 Å². The van der Waals surface area contributed by atoms with Crippen LogP contribution < -0.4 is 0 Å². The number of halogens is 4. The highest BCUT2D eigenvalue weighted by Crippen LogP contribution is 2.37. The first-order chi connectivity index (χ1) is 14.3. The Labute approximate surface area is 196 Å². The zero-order valence-electron chi connectivity index (χ0n) is 15.0. The Morgan fingerprint density at radius 3 is 2.27 bits per heavy atom. The van der Waals surface area contributed by atoms with Gasteiger partial charge in [0, 0.05) is 32.1 Å². The fourth-order valence-electron chi connectivity index (χ4n) is 2.99. The van der Waals surface area contributed by atoms with E-state index in [0.29, 0.717) is 41.8 Å². The number of aromatic nitrogens is 1. The van der Waals surface area contributed by atoms with Crippen molar-refractivity contribution in [3.05, 3.63) is 85.6 Å². The van der Waals surface area contributed by atoms with Crippen LogP contribution in [0.4, 0.5) is 0 Å². The number of nitrogens with zero attached hydrogens (tertiary/aromatic N) is 1. The molecule has 150 valence electrons. The fraction of sp³-hybridized carbons (Fsp3) is 0. The molecule has 0 saturated heterocycles. The Morgan fingerprint density at radius 2 is 1.53 bits per heavy atom. The highest BCUT2D eigenvalue weighted by atomic mass is 35.5. The molecule has 4 aromatic rings. The van der Waals surface area contributed by atoms with Gasteiger partial charge < -0.3 is 5.11 Å². The van der Waals surface area contributed by atoms with Crippen molar-refractivity contribution in [1.29, 1.82) is 0 Å². The third-order valence-corrected chi connectivity index (χ3v) is 6.63. The number of hydrogen-bond donors (Lipinski definition) is 1. The Morgan fingerprint density at radius 1 is 0.800 bits per heavy atom. The van der Waals surface area contributed by atoms with Crippen LogP contribution >= 0.6 is 57.7 Å². The summed E-state index contributed by atoms with van der Waals surface area (Å²) in [6, 6.07) is 15.4. The summed E-state index contributed by atoms with van der Waals surface area (Å²) >= 11 is 25.8. The molecule has 0 aliphatic rings. The average molecular weight is 495 g/mol. The van der Waals surface area contributed by atoms with E-state index in [1.807, 2.05) is 17.5 Å². The molecule has 1 heterocycles. The van der Waals surface area contributed by atoms with Crippen LogP contribution in [0.3, 0.4) is 0 Å². The van der Waals surface area contributed by atoms with Gasteiger partial charge in [-0.2, -0.15) is 0 Å². The summed E-state index contributed by atoms with van der Waals surface area (Å²) in [6.07, 6.45) is 0. The van der Waals surface area contributed by atoms with E-state index in [9.17, 15) is 9.90 Å². The Bertz CT molecular complexity index is 1290. The lowest BCUT2D eigenvalue weighted by atomic mass is 9.97. The summed E-state index contributed by atoms with van der Waals surface area (Å²) < 4.78 is 0. The topological polar surface area (TPSA) is 50.2 Å². The maximum atomic E-state index is 12.0. The molecule has 4 rings (SSSR count). The highest BCUT2D eigenvalue weighted by Gasteiger charge is 2.17. The van der Waals surface area contributed by atoms with Crippen LogP contribution in [0, 0.1) is 0 Å². The first-order valence-corrected chi connectivity index (χ1v) is 11.0. The molecule has 8 heteroatoms. The molecule has 0 radical (unpaired) electrons.